The smallest absolute Gasteiger partial charge is 0.257 e. The maximum Gasteiger partial charge on any atom is 0.257 e. The number of hydrogen-bond donors (Lipinski definition) is 1. The predicted molar refractivity (Wildman–Crippen MR) is 81.5 cm³/mol. The van der Waals surface area contributed by atoms with E-state index in [1.807, 2.05) is 18.7 Å². The van der Waals surface area contributed by atoms with Gasteiger partial charge in [0.25, 0.3) is 5.91 Å². The summed E-state index contributed by atoms with van der Waals surface area (Å²) in [5.74, 6) is 0.0383. The van der Waals surface area contributed by atoms with Gasteiger partial charge in [0.1, 0.15) is 0 Å². The average molecular weight is 307 g/mol. The lowest BCUT2D eigenvalue weighted by molar-refractivity contribution is -0.207. The second kappa shape index (κ2) is 6.01. The number of aryl methyl sites for hydroxylation is 1. The van der Waals surface area contributed by atoms with Crippen LogP contribution in [0.15, 0.2) is 12.4 Å². The summed E-state index contributed by atoms with van der Waals surface area (Å²) in [6.07, 6.45) is 5.65. The third kappa shape index (κ3) is 2.44. The molecule has 2 fully saturated rings. The van der Waals surface area contributed by atoms with Crippen molar-refractivity contribution < 1.29 is 14.6 Å². The average Bonchev–Trinajstić information content (AvgIpc) is 3.03. The molecule has 0 aromatic carbocycles. The van der Waals surface area contributed by atoms with Gasteiger partial charge in [0.15, 0.2) is 0 Å². The number of nitrogens with zero attached hydrogens (tertiary/aromatic N) is 3. The van der Waals surface area contributed by atoms with Crippen LogP contribution in [0.2, 0.25) is 0 Å². The molecule has 2 aliphatic rings. The maximum atomic E-state index is 12.5. The molecule has 122 valence electrons. The third-order valence-corrected chi connectivity index (χ3v) is 5.30. The van der Waals surface area contributed by atoms with Gasteiger partial charge in [-0.05, 0) is 26.7 Å². The summed E-state index contributed by atoms with van der Waals surface area (Å²) < 4.78 is 7.53. The highest BCUT2D eigenvalue weighted by Crippen LogP contribution is 2.51. The standard InChI is InChI=1S/C16H25N3O3/c1-3-19-11-12(10-17-19)15(21)18-7-5-16(6-8-18)13(20)9-14(16)22-4-2/h10-11,13-14,20H,3-9H2,1-2H3/t13-,14-/m1/s1. The first-order valence-corrected chi connectivity index (χ1v) is 8.22. The molecule has 2 heterocycles. The van der Waals surface area contributed by atoms with Crippen molar-refractivity contribution in [3.8, 4) is 0 Å². The number of amides is 1. The zero-order valence-electron chi connectivity index (χ0n) is 13.4. The molecule has 6 nitrogen and oxygen atoms in total. The van der Waals surface area contributed by atoms with Crippen molar-refractivity contribution >= 4 is 5.91 Å². The fourth-order valence-electron chi connectivity index (χ4n) is 3.77. The minimum Gasteiger partial charge on any atom is -0.392 e. The molecular formula is C16H25N3O3. The first kappa shape index (κ1) is 15.5. The molecular weight excluding hydrogens is 282 g/mol. The van der Waals surface area contributed by atoms with Crippen LogP contribution >= 0.6 is 0 Å². The van der Waals surface area contributed by atoms with E-state index in [0.29, 0.717) is 25.3 Å². The Morgan fingerprint density at radius 2 is 2.18 bits per heavy atom. The Kier molecular flexibility index (Phi) is 4.23. The Hall–Kier alpha value is -1.40. The lowest BCUT2D eigenvalue weighted by Crippen LogP contribution is -2.62. The summed E-state index contributed by atoms with van der Waals surface area (Å²) in [4.78, 5) is 14.4. The lowest BCUT2D eigenvalue weighted by atomic mass is 9.58. The van der Waals surface area contributed by atoms with E-state index in [-0.39, 0.29) is 23.5 Å². The van der Waals surface area contributed by atoms with E-state index >= 15 is 0 Å². The third-order valence-electron chi connectivity index (χ3n) is 5.30. The molecule has 2 atom stereocenters. The Balaban J connectivity index is 1.62. The van der Waals surface area contributed by atoms with Crippen molar-refractivity contribution in [1.29, 1.82) is 0 Å². The van der Waals surface area contributed by atoms with Crippen LogP contribution in [0.1, 0.15) is 43.5 Å². The molecule has 0 radical (unpaired) electrons. The Morgan fingerprint density at radius 1 is 1.45 bits per heavy atom. The number of carbonyl (C=O) groups is 1. The normalized spacial score (nSPS) is 27.0. The number of aromatic nitrogens is 2. The van der Waals surface area contributed by atoms with Crippen LogP contribution in [0.5, 0.6) is 0 Å². The van der Waals surface area contributed by atoms with Gasteiger partial charge in [0.05, 0.1) is 24.0 Å². The summed E-state index contributed by atoms with van der Waals surface area (Å²) in [7, 11) is 0. The maximum absolute atomic E-state index is 12.5. The van der Waals surface area contributed by atoms with Crippen molar-refractivity contribution in [3.63, 3.8) is 0 Å². The highest BCUT2D eigenvalue weighted by molar-refractivity contribution is 5.93. The first-order valence-electron chi connectivity index (χ1n) is 8.22. The summed E-state index contributed by atoms with van der Waals surface area (Å²) in [6, 6.07) is 0. The highest BCUT2D eigenvalue weighted by Gasteiger charge is 2.56. The molecule has 1 aromatic rings. The van der Waals surface area contributed by atoms with Crippen LogP contribution in [-0.4, -0.2) is 57.6 Å². The van der Waals surface area contributed by atoms with Gasteiger partial charge in [-0.2, -0.15) is 5.10 Å². The first-order chi connectivity index (χ1) is 10.6. The topological polar surface area (TPSA) is 67.6 Å². The zero-order chi connectivity index (χ0) is 15.7. The zero-order valence-corrected chi connectivity index (χ0v) is 13.4. The highest BCUT2D eigenvalue weighted by atomic mass is 16.5. The summed E-state index contributed by atoms with van der Waals surface area (Å²) in [5, 5.41) is 14.4. The van der Waals surface area contributed by atoms with Crippen LogP contribution in [0.4, 0.5) is 0 Å². The molecule has 0 unspecified atom stereocenters. The quantitative estimate of drug-likeness (QED) is 0.910. The fraction of sp³-hybridized carbons (Fsp3) is 0.750. The number of carbonyl (C=O) groups excluding carboxylic acids is 1. The van der Waals surface area contributed by atoms with E-state index in [1.165, 1.54) is 0 Å². The SMILES string of the molecule is CCO[C@@H]1C[C@@H](O)C12CCN(C(=O)c1cnn(CC)c1)CC2. The number of rotatable bonds is 4. The molecule has 1 aliphatic heterocycles. The molecule has 1 spiro atoms. The molecule has 1 N–H and O–H groups in total. The van der Waals surface area contributed by atoms with Crippen LogP contribution in [0, 0.1) is 5.41 Å². The van der Waals surface area contributed by atoms with Crippen LogP contribution < -0.4 is 0 Å². The van der Waals surface area contributed by atoms with Crippen molar-refractivity contribution in [1.82, 2.24) is 14.7 Å². The molecule has 3 rings (SSSR count). The van der Waals surface area contributed by atoms with Gasteiger partial charge in [-0.1, -0.05) is 0 Å². The number of hydrogen-bond acceptors (Lipinski definition) is 4. The van der Waals surface area contributed by atoms with Crippen molar-refractivity contribution in [2.75, 3.05) is 19.7 Å². The van der Waals surface area contributed by atoms with E-state index in [0.717, 1.165) is 25.8 Å². The molecule has 22 heavy (non-hydrogen) atoms. The second-order valence-corrected chi connectivity index (χ2v) is 6.31. The number of ether oxygens (including phenoxy) is 1. The Labute approximate surface area is 131 Å². The second-order valence-electron chi connectivity index (χ2n) is 6.31. The molecule has 1 saturated heterocycles. The summed E-state index contributed by atoms with van der Waals surface area (Å²) in [5.41, 5.74) is 0.508. The monoisotopic (exact) mass is 307 g/mol. The molecule has 6 heteroatoms. The van der Waals surface area contributed by atoms with E-state index in [4.69, 9.17) is 4.74 Å². The molecule has 1 saturated carbocycles. The summed E-state index contributed by atoms with van der Waals surface area (Å²) >= 11 is 0. The van der Waals surface area contributed by atoms with Gasteiger partial charge in [-0.3, -0.25) is 9.48 Å². The van der Waals surface area contributed by atoms with Crippen molar-refractivity contribution in [2.24, 2.45) is 5.41 Å². The molecule has 1 aromatic heterocycles. The number of likely N-dealkylation sites (tertiary alicyclic amines) is 1. The molecule has 1 aliphatic carbocycles. The van der Waals surface area contributed by atoms with Gasteiger partial charge >= 0.3 is 0 Å². The largest absolute Gasteiger partial charge is 0.392 e. The minimum absolute atomic E-state index is 0.0383. The van der Waals surface area contributed by atoms with Crippen molar-refractivity contribution in [2.45, 2.75) is 51.9 Å². The minimum atomic E-state index is -0.288. The number of aliphatic hydroxyl groups is 1. The van der Waals surface area contributed by atoms with E-state index in [2.05, 4.69) is 5.10 Å². The molecule has 0 bridgehead atoms. The van der Waals surface area contributed by atoms with Gasteiger partial charge in [0, 0.05) is 44.3 Å². The number of piperidine rings is 1. The van der Waals surface area contributed by atoms with E-state index < -0.39 is 0 Å². The Bertz CT molecular complexity index is 532. The van der Waals surface area contributed by atoms with E-state index in [1.54, 1.807) is 17.1 Å². The van der Waals surface area contributed by atoms with E-state index in [9.17, 15) is 9.90 Å². The van der Waals surface area contributed by atoms with Gasteiger partial charge in [0.2, 0.25) is 0 Å². The summed E-state index contributed by atoms with van der Waals surface area (Å²) in [6.45, 7) is 6.78. The van der Waals surface area contributed by atoms with Crippen LogP contribution in [0.25, 0.3) is 0 Å². The van der Waals surface area contributed by atoms with Crippen molar-refractivity contribution in [3.05, 3.63) is 18.0 Å². The van der Waals surface area contributed by atoms with Gasteiger partial charge < -0.3 is 14.7 Å². The fourth-order valence-corrected chi connectivity index (χ4v) is 3.77. The van der Waals surface area contributed by atoms with Gasteiger partial charge in [-0.15, -0.1) is 0 Å². The van der Waals surface area contributed by atoms with Gasteiger partial charge in [-0.25, -0.2) is 0 Å². The van der Waals surface area contributed by atoms with Crippen LogP contribution in [0.3, 0.4) is 0 Å². The predicted octanol–water partition coefficient (Wildman–Crippen LogP) is 1.30. The van der Waals surface area contributed by atoms with Crippen LogP contribution in [-0.2, 0) is 11.3 Å². The molecule has 1 amide bonds. The number of aliphatic hydroxyl groups excluding tert-OH is 1. The lowest BCUT2D eigenvalue weighted by Gasteiger charge is -2.56. The Morgan fingerprint density at radius 3 is 2.73 bits per heavy atom.